The van der Waals surface area contributed by atoms with Crippen LogP contribution >= 0.6 is 11.6 Å². The number of aliphatic hydroxyl groups is 1. The zero-order valence-corrected chi connectivity index (χ0v) is 13.3. The molecule has 1 aliphatic rings. The second kappa shape index (κ2) is 6.18. The van der Waals surface area contributed by atoms with Gasteiger partial charge >= 0.3 is 0 Å². The third-order valence-corrected chi connectivity index (χ3v) is 5.79. The van der Waals surface area contributed by atoms with Crippen LogP contribution in [-0.2, 0) is 21.4 Å². The maximum absolute atomic E-state index is 13.7. The average molecular weight is 338 g/mol. The molecular formula is C13H17ClFNO4S. The molecule has 1 aromatic carbocycles. The molecule has 0 aliphatic carbocycles. The highest BCUT2D eigenvalue weighted by atomic mass is 35.5. The van der Waals surface area contributed by atoms with Gasteiger partial charge in [0.05, 0.1) is 29.2 Å². The fourth-order valence-electron chi connectivity index (χ4n) is 2.23. The number of nitrogens with zero attached hydrogens (tertiary/aromatic N) is 1. The lowest BCUT2D eigenvalue weighted by Gasteiger charge is -2.35. The highest BCUT2D eigenvalue weighted by Gasteiger charge is 2.34. The number of halogens is 2. The Kier molecular flexibility index (Phi) is 4.89. The van der Waals surface area contributed by atoms with E-state index in [2.05, 4.69) is 0 Å². The van der Waals surface area contributed by atoms with Gasteiger partial charge < -0.3 is 9.84 Å². The van der Waals surface area contributed by atoms with Gasteiger partial charge in [0, 0.05) is 18.2 Å². The highest BCUT2D eigenvalue weighted by Crippen LogP contribution is 2.28. The summed E-state index contributed by atoms with van der Waals surface area (Å²) in [6.45, 7) is 3.44. The van der Waals surface area contributed by atoms with Gasteiger partial charge in [-0.1, -0.05) is 11.6 Å². The molecule has 2 rings (SSSR count). The van der Waals surface area contributed by atoms with Crippen molar-refractivity contribution in [3.05, 3.63) is 28.5 Å². The Hall–Kier alpha value is -0.730. The van der Waals surface area contributed by atoms with Crippen molar-refractivity contribution in [1.29, 1.82) is 0 Å². The first-order valence-corrected chi connectivity index (χ1v) is 8.31. The third kappa shape index (κ3) is 3.22. The molecule has 0 aromatic heterocycles. The summed E-state index contributed by atoms with van der Waals surface area (Å²) in [7, 11) is -3.87. The summed E-state index contributed by atoms with van der Waals surface area (Å²) in [5, 5.41) is 8.89. The van der Waals surface area contributed by atoms with E-state index in [-0.39, 0.29) is 40.8 Å². The van der Waals surface area contributed by atoms with E-state index < -0.39 is 22.4 Å². The van der Waals surface area contributed by atoms with E-state index in [0.29, 0.717) is 0 Å². The summed E-state index contributed by atoms with van der Waals surface area (Å²) in [6.07, 6.45) is -0.231. The number of benzene rings is 1. The molecule has 1 N–H and O–H groups in total. The molecule has 118 valence electrons. The Morgan fingerprint density at radius 3 is 2.76 bits per heavy atom. The molecule has 1 aromatic rings. The van der Waals surface area contributed by atoms with Crippen LogP contribution in [0.25, 0.3) is 0 Å². The molecule has 0 amide bonds. The lowest BCUT2D eigenvalue weighted by Crippen LogP contribution is -2.50. The minimum atomic E-state index is -3.87. The molecule has 5 nitrogen and oxygen atoms in total. The van der Waals surface area contributed by atoms with Crippen LogP contribution in [0.3, 0.4) is 0 Å². The smallest absolute Gasteiger partial charge is 0.243 e. The highest BCUT2D eigenvalue weighted by molar-refractivity contribution is 7.89. The zero-order chi connectivity index (χ0) is 15.8. The topological polar surface area (TPSA) is 66.8 Å². The van der Waals surface area contributed by atoms with Gasteiger partial charge in [-0.05, 0) is 26.0 Å². The van der Waals surface area contributed by atoms with Gasteiger partial charge in [0.15, 0.2) is 0 Å². The van der Waals surface area contributed by atoms with Gasteiger partial charge in [-0.15, -0.1) is 0 Å². The third-order valence-electron chi connectivity index (χ3n) is 3.40. The molecule has 8 heteroatoms. The molecule has 21 heavy (non-hydrogen) atoms. The second-order valence-electron chi connectivity index (χ2n) is 5.10. The molecule has 0 radical (unpaired) electrons. The molecule has 2 unspecified atom stereocenters. The molecule has 1 heterocycles. The summed E-state index contributed by atoms with van der Waals surface area (Å²) < 4.78 is 45.7. The maximum atomic E-state index is 13.7. The van der Waals surface area contributed by atoms with E-state index in [1.54, 1.807) is 13.8 Å². The standard InChI is InChI=1S/C13H17ClFNO4S/c1-8-7-20-9(2)5-16(8)21(18,19)11-3-10(6-17)13(14)12(15)4-11/h3-4,8-9,17H,5-7H2,1-2H3. The van der Waals surface area contributed by atoms with E-state index in [9.17, 15) is 12.8 Å². The summed E-state index contributed by atoms with van der Waals surface area (Å²) >= 11 is 5.69. The zero-order valence-electron chi connectivity index (χ0n) is 11.7. The molecule has 1 saturated heterocycles. The first-order chi connectivity index (χ1) is 9.77. The SMILES string of the molecule is CC1CN(S(=O)(=O)c2cc(F)c(Cl)c(CO)c2)C(C)CO1. The quantitative estimate of drug-likeness (QED) is 0.912. The van der Waals surface area contributed by atoms with Crippen LogP contribution < -0.4 is 0 Å². The predicted octanol–water partition coefficient (Wildman–Crippen LogP) is 1.77. The van der Waals surface area contributed by atoms with Crippen molar-refractivity contribution < 1.29 is 22.7 Å². The Morgan fingerprint density at radius 1 is 1.48 bits per heavy atom. The van der Waals surface area contributed by atoms with E-state index in [1.807, 2.05) is 0 Å². The lowest BCUT2D eigenvalue weighted by atomic mass is 10.2. The van der Waals surface area contributed by atoms with Crippen molar-refractivity contribution in [1.82, 2.24) is 4.31 Å². The molecule has 0 saturated carbocycles. The van der Waals surface area contributed by atoms with Crippen molar-refractivity contribution in [2.24, 2.45) is 0 Å². The van der Waals surface area contributed by atoms with E-state index in [0.717, 1.165) is 6.07 Å². The van der Waals surface area contributed by atoms with E-state index in [4.69, 9.17) is 21.4 Å². The largest absolute Gasteiger partial charge is 0.392 e. The normalized spacial score (nSPS) is 24.2. The Morgan fingerprint density at radius 2 is 2.14 bits per heavy atom. The number of ether oxygens (including phenoxy) is 1. The number of morpholine rings is 1. The first kappa shape index (κ1) is 16.6. The minimum Gasteiger partial charge on any atom is -0.392 e. The molecular weight excluding hydrogens is 321 g/mol. The van der Waals surface area contributed by atoms with Crippen molar-refractivity contribution in [2.45, 2.75) is 37.5 Å². The number of hydrogen-bond acceptors (Lipinski definition) is 4. The monoisotopic (exact) mass is 337 g/mol. The minimum absolute atomic E-state index is 0.0456. The van der Waals surface area contributed by atoms with Crippen molar-refractivity contribution in [3.63, 3.8) is 0 Å². The average Bonchev–Trinajstić information content (AvgIpc) is 2.44. The van der Waals surface area contributed by atoms with Crippen LogP contribution in [0.2, 0.25) is 5.02 Å². The molecule has 0 bridgehead atoms. The number of aliphatic hydroxyl groups excluding tert-OH is 1. The summed E-state index contributed by atoms with van der Waals surface area (Å²) in [5.74, 6) is -0.865. The van der Waals surface area contributed by atoms with Crippen molar-refractivity contribution in [3.8, 4) is 0 Å². The summed E-state index contributed by atoms with van der Waals surface area (Å²) in [4.78, 5) is -0.214. The van der Waals surface area contributed by atoms with Crippen LogP contribution in [0.1, 0.15) is 19.4 Å². The van der Waals surface area contributed by atoms with Crippen LogP contribution in [0.5, 0.6) is 0 Å². The second-order valence-corrected chi connectivity index (χ2v) is 7.37. The summed E-state index contributed by atoms with van der Waals surface area (Å²) in [6, 6.07) is 1.74. The van der Waals surface area contributed by atoms with Crippen LogP contribution in [0, 0.1) is 5.82 Å². The molecule has 1 aliphatic heterocycles. The van der Waals surface area contributed by atoms with Gasteiger partial charge in [0.25, 0.3) is 0 Å². The first-order valence-electron chi connectivity index (χ1n) is 6.49. The lowest BCUT2D eigenvalue weighted by molar-refractivity contribution is -0.0170. The number of rotatable bonds is 3. The van der Waals surface area contributed by atoms with Crippen LogP contribution in [0.4, 0.5) is 4.39 Å². The Bertz CT molecular complexity index is 637. The summed E-state index contributed by atoms with van der Waals surface area (Å²) in [5.41, 5.74) is 0.0456. The predicted molar refractivity (Wildman–Crippen MR) is 76.1 cm³/mol. The molecule has 0 spiro atoms. The van der Waals surface area contributed by atoms with Gasteiger partial charge in [0.1, 0.15) is 5.82 Å². The van der Waals surface area contributed by atoms with Crippen molar-refractivity contribution in [2.75, 3.05) is 13.2 Å². The van der Waals surface area contributed by atoms with Gasteiger partial charge in [-0.25, -0.2) is 12.8 Å². The van der Waals surface area contributed by atoms with Gasteiger partial charge in [0.2, 0.25) is 10.0 Å². The van der Waals surface area contributed by atoms with Crippen LogP contribution in [0.15, 0.2) is 17.0 Å². The number of hydrogen-bond donors (Lipinski definition) is 1. The van der Waals surface area contributed by atoms with Crippen LogP contribution in [-0.4, -0.2) is 43.1 Å². The number of sulfonamides is 1. The Balaban J connectivity index is 2.46. The molecule has 1 fully saturated rings. The maximum Gasteiger partial charge on any atom is 0.243 e. The van der Waals surface area contributed by atoms with Gasteiger partial charge in [-0.3, -0.25) is 0 Å². The van der Waals surface area contributed by atoms with E-state index >= 15 is 0 Å². The fraction of sp³-hybridized carbons (Fsp3) is 0.538. The van der Waals surface area contributed by atoms with Crippen molar-refractivity contribution >= 4 is 21.6 Å². The Labute approximate surface area is 128 Å². The fourth-order valence-corrected chi connectivity index (χ4v) is 4.15. The van der Waals surface area contributed by atoms with Gasteiger partial charge in [-0.2, -0.15) is 4.31 Å². The van der Waals surface area contributed by atoms with E-state index in [1.165, 1.54) is 10.4 Å². The molecule has 2 atom stereocenters.